The minimum Gasteiger partial charge on any atom is -0.497 e. The van der Waals surface area contributed by atoms with Crippen molar-refractivity contribution in [3.63, 3.8) is 0 Å². The van der Waals surface area contributed by atoms with E-state index in [1.54, 1.807) is 7.11 Å². The Hall–Kier alpha value is -4.11. The number of nitrogens with one attached hydrogen (secondary N) is 2. The van der Waals surface area contributed by atoms with Crippen molar-refractivity contribution in [3.05, 3.63) is 84.8 Å². The van der Waals surface area contributed by atoms with E-state index in [4.69, 9.17) is 4.74 Å². The van der Waals surface area contributed by atoms with E-state index in [9.17, 15) is 9.18 Å². The number of carbonyl (C=O) groups is 1. The molecule has 34 heavy (non-hydrogen) atoms. The number of hydrogen-bond donors (Lipinski definition) is 2. The second-order valence-corrected chi connectivity index (χ2v) is 8.37. The molecule has 0 radical (unpaired) electrons. The Labute approximate surface area is 199 Å². The zero-order chi connectivity index (χ0) is 23.5. The fraction of sp³-hybridized carbons (Fsp3) is 0.0800. The molecule has 7 nitrogen and oxygen atoms in total. The number of halogens is 1. The number of fused-ring (bicyclic) bond motifs is 1. The number of H-pyrrole nitrogens is 1. The molecule has 2 N–H and O–H groups in total. The first-order valence-corrected chi connectivity index (χ1v) is 11.5. The molecule has 0 saturated heterocycles. The summed E-state index contributed by atoms with van der Waals surface area (Å²) in [5.41, 5.74) is 3.27. The molecule has 0 aliphatic carbocycles. The summed E-state index contributed by atoms with van der Waals surface area (Å²) >= 11 is 1.27. The van der Waals surface area contributed by atoms with Crippen molar-refractivity contribution in [2.45, 2.75) is 5.16 Å². The molecule has 0 aliphatic heterocycles. The van der Waals surface area contributed by atoms with Crippen LogP contribution < -0.4 is 10.1 Å². The van der Waals surface area contributed by atoms with Crippen molar-refractivity contribution in [2.75, 3.05) is 18.2 Å². The van der Waals surface area contributed by atoms with Gasteiger partial charge in [0, 0.05) is 34.0 Å². The highest BCUT2D eigenvalue weighted by molar-refractivity contribution is 7.99. The smallest absolute Gasteiger partial charge is 0.234 e. The second kappa shape index (κ2) is 9.40. The highest BCUT2D eigenvalue weighted by atomic mass is 32.2. The van der Waals surface area contributed by atoms with Crippen LogP contribution in [0.4, 0.5) is 10.1 Å². The van der Waals surface area contributed by atoms with Gasteiger partial charge in [-0.15, -0.1) is 10.2 Å². The second-order valence-electron chi connectivity index (χ2n) is 7.43. The molecule has 3 aromatic carbocycles. The van der Waals surface area contributed by atoms with Crippen LogP contribution in [0.25, 0.3) is 28.0 Å². The lowest BCUT2D eigenvalue weighted by molar-refractivity contribution is -0.113. The summed E-state index contributed by atoms with van der Waals surface area (Å²) in [6.07, 6.45) is 1.91. The fourth-order valence-corrected chi connectivity index (χ4v) is 4.37. The van der Waals surface area contributed by atoms with Crippen molar-refractivity contribution in [1.82, 2.24) is 19.7 Å². The first-order chi connectivity index (χ1) is 16.6. The molecule has 0 saturated carbocycles. The summed E-state index contributed by atoms with van der Waals surface area (Å²) in [6, 6.07) is 21.2. The molecule has 0 fully saturated rings. The van der Waals surface area contributed by atoms with Gasteiger partial charge in [-0.25, -0.2) is 4.39 Å². The monoisotopic (exact) mass is 473 g/mol. The number of para-hydroxylation sites is 1. The van der Waals surface area contributed by atoms with Crippen LogP contribution in [-0.2, 0) is 4.79 Å². The average molecular weight is 474 g/mol. The normalized spacial score (nSPS) is 11.0. The zero-order valence-electron chi connectivity index (χ0n) is 18.2. The molecule has 5 rings (SSSR count). The van der Waals surface area contributed by atoms with Gasteiger partial charge in [-0.2, -0.15) is 0 Å². The number of benzene rings is 3. The van der Waals surface area contributed by atoms with Crippen LogP contribution in [0.5, 0.6) is 5.75 Å². The van der Waals surface area contributed by atoms with Gasteiger partial charge in [0.25, 0.3) is 0 Å². The molecule has 1 amide bonds. The highest BCUT2D eigenvalue weighted by Gasteiger charge is 2.20. The van der Waals surface area contributed by atoms with Crippen molar-refractivity contribution in [3.8, 4) is 22.8 Å². The fourth-order valence-electron chi connectivity index (χ4n) is 3.62. The van der Waals surface area contributed by atoms with Crippen molar-refractivity contribution in [2.24, 2.45) is 0 Å². The summed E-state index contributed by atoms with van der Waals surface area (Å²) in [4.78, 5) is 15.8. The van der Waals surface area contributed by atoms with Gasteiger partial charge in [-0.3, -0.25) is 9.36 Å². The van der Waals surface area contributed by atoms with Gasteiger partial charge in [-0.1, -0.05) is 30.0 Å². The molecule has 5 aromatic rings. The summed E-state index contributed by atoms with van der Waals surface area (Å²) in [5.74, 6) is 0.918. The van der Waals surface area contributed by atoms with E-state index in [1.807, 2.05) is 59.3 Å². The standard InChI is InChI=1S/C25H20FN5O2S/c1-33-19-12-10-18(11-13-19)31-24(21-14-27-22-5-3-2-4-20(21)22)29-30-25(31)34-15-23(32)28-17-8-6-16(26)7-9-17/h2-14,27H,15H2,1H3,(H,28,32). The van der Waals surface area contributed by atoms with Gasteiger partial charge < -0.3 is 15.0 Å². The van der Waals surface area contributed by atoms with Crippen LogP contribution >= 0.6 is 11.8 Å². The molecular formula is C25H20FN5O2S. The number of amides is 1. The molecule has 0 bridgehead atoms. The average Bonchev–Trinajstić information content (AvgIpc) is 3.48. The van der Waals surface area contributed by atoms with Crippen molar-refractivity contribution < 1.29 is 13.9 Å². The van der Waals surface area contributed by atoms with Gasteiger partial charge in [0.2, 0.25) is 5.91 Å². The van der Waals surface area contributed by atoms with E-state index in [-0.39, 0.29) is 17.5 Å². The maximum absolute atomic E-state index is 13.1. The van der Waals surface area contributed by atoms with E-state index in [2.05, 4.69) is 20.5 Å². The van der Waals surface area contributed by atoms with Gasteiger partial charge in [0.05, 0.1) is 12.9 Å². The Balaban J connectivity index is 1.47. The highest BCUT2D eigenvalue weighted by Crippen LogP contribution is 2.33. The lowest BCUT2D eigenvalue weighted by atomic mass is 10.1. The SMILES string of the molecule is COc1ccc(-n2c(SCC(=O)Nc3ccc(F)cc3)nnc2-c2c[nH]c3ccccc23)cc1. The third-order valence-corrected chi connectivity index (χ3v) is 6.18. The maximum atomic E-state index is 13.1. The lowest BCUT2D eigenvalue weighted by Gasteiger charge is -2.11. The molecule has 0 spiro atoms. The predicted molar refractivity (Wildman–Crippen MR) is 131 cm³/mol. The third-order valence-electron chi connectivity index (χ3n) is 5.25. The summed E-state index contributed by atoms with van der Waals surface area (Å²) in [7, 11) is 1.62. The van der Waals surface area contributed by atoms with Gasteiger partial charge in [0.1, 0.15) is 11.6 Å². The van der Waals surface area contributed by atoms with Crippen LogP contribution in [0, 0.1) is 5.82 Å². The Bertz CT molecular complexity index is 1440. The quantitative estimate of drug-likeness (QED) is 0.314. The van der Waals surface area contributed by atoms with Crippen molar-refractivity contribution >= 4 is 34.3 Å². The van der Waals surface area contributed by atoms with Crippen molar-refractivity contribution in [1.29, 1.82) is 0 Å². The first kappa shape index (κ1) is 21.7. The molecule has 170 valence electrons. The van der Waals surface area contributed by atoms with Crippen LogP contribution in [0.3, 0.4) is 0 Å². The van der Waals surface area contributed by atoms with Crippen LogP contribution in [0.2, 0.25) is 0 Å². The maximum Gasteiger partial charge on any atom is 0.234 e. The zero-order valence-corrected chi connectivity index (χ0v) is 19.0. The number of rotatable bonds is 7. The number of aromatic nitrogens is 4. The van der Waals surface area contributed by atoms with Gasteiger partial charge in [0.15, 0.2) is 11.0 Å². The molecule has 9 heteroatoms. The third kappa shape index (κ3) is 4.38. The lowest BCUT2D eigenvalue weighted by Crippen LogP contribution is -2.14. The van der Waals surface area contributed by atoms with E-state index in [0.717, 1.165) is 27.9 Å². The molecule has 0 aliphatic rings. The van der Waals surface area contributed by atoms with Gasteiger partial charge in [-0.05, 0) is 54.6 Å². The Morgan fingerprint density at radius 3 is 2.59 bits per heavy atom. The van der Waals surface area contributed by atoms with Crippen LogP contribution in [0.1, 0.15) is 0 Å². The Morgan fingerprint density at radius 2 is 1.82 bits per heavy atom. The predicted octanol–water partition coefficient (Wildman–Crippen LogP) is 5.29. The summed E-state index contributed by atoms with van der Waals surface area (Å²) in [5, 5.41) is 13.2. The van der Waals surface area contributed by atoms with Crippen LogP contribution in [-0.4, -0.2) is 38.5 Å². The number of carbonyl (C=O) groups excluding carboxylic acids is 1. The first-order valence-electron chi connectivity index (χ1n) is 10.5. The summed E-state index contributed by atoms with van der Waals surface area (Å²) in [6.45, 7) is 0. The number of nitrogens with zero attached hydrogens (tertiary/aromatic N) is 3. The van der Waals surface area contributed by atoms with E-state index >= 15 is 0 Å². The molecule has 2 heterocycles. The number of anilines is 1. The molecule has 2 aromatic heterocycles. The number of ether oxygens (including phenoxy) is 1. The molecule has 0 unspecified atom stereocenters. The number of methoxy groups -OCH3 is 1. The van der Waals surface area contributed by atoms with Crippen LogP contribution in [0.15, 0.2) is 84.1 Å². The number of thioether (sulfide) groups is 1. The minimum atomic E-state index is -0.357. The number of hydrogen-bond acceptors (Lipinski definition) is 5. The van der Waals surface area contributed by atoms with E-state index in [1.165, 1.54) is 36.0 Å². The molecular weight excluding hydrogens is 453 g/mol. The molecule has 0 atom stereocenters. The Morgan fingerprint density at radius 1 is 1.06 bits per heavy atom. The summed E-state index contributed by atoms with van der Waals surface area (Å²) < 4.78 is 20.3. The van der Waals surface area contributed by atoms with E-state index in [0.29, 0.717) is 16.7 Å². The van der Waals surface area contributed by atoms with E-state index < -0.39 is 0 Å². The topological polar surface area (TPSA) is 84.8 Å². The van der Waals surface area contributed by atoms with Gasteiger partial charge >= 0.3 is 0 Å². The largest absolute Gasteiger partial charge is 0.497 e. The number of aromatic amines is 1. The minimum absolute atomic E-state index is 0.111. The Kier molecular flexibility index (Phi) is 6.01.